The van der Waals surface area contributed by atoms with Gasteiger partial charge in [0, 0.05) is 6.54 Å². The van der Waals surface area contributed by atoms with Crippen LogP contribution in [-0.2, 0) is 16.1 Å². The highest BCUT2D eigenvalue weighted by Gasteiger charge is 2.44. The number of carboxylic acid groups (broad SMARTS) is 1. The molecule has 0 spiro atoms. The standard InChI is InChI=1S/C18H25NO4/c1-18(2,3)14-10-7-11-19(15(14)16(20)21)17(22)23-12-13-8-5-4-6-9-13/h4-6,8-9,14-15H,7,10-12H2,1-3H3,(H,20,21)/t14-,15+/m0/s1. The number of likely N-dealkylation sites (tertiary alicyclic amines) is 1. The molecule has 2 rings (SSSR count). The van der Waals surface area contributed by atoms with Gasteiger partial charge in [0.15, 0.2) is 0 Å². The molecular formula is C18H25NO4. The van der Waals surface area contributed by atoms with Crippen LogP contribution in [0.5, 0.6) is 0 Å². The van der Waals surface area contributed by atoms with Crippen molar-refractivity contribution in [2.45, 2.75) is 46.3 Å². The van der Waals surface area contributed by atoms with Gasteiger partial charge < -0.3 is 9.84 Å². The number of carbonyl (C=O) groups is 2. The van der Waals surface area contributed by atoms with E-state index in [1.807, 2.05) is 51.1 Å². The first-order chi connectivity index (χ1) is 10.8. The van der Waals surface area contributed by atoms with Crippen LogP contribution in [0.4, 0.5) is 4.79 Å². The number of nitrogens with zero attached hydrogens (tertiary/aromatic N) is 1. The van der Waals surface area contributed by atoms with Crippen molar-refractivity contribution in [3.8, 4) is 0 Å². The van der Waals surface area contributed by atoms with Crippen LogP contribution in [0, 0.1) is 11.3 Å². The monoisotopic (exact) mass is 319 g/mol. The highest BCUT2D eigenvalue weighted by Crippen LogP contribution is 2.38. The Hall–Kier alpha value is -2.04. The number of aliphatic carboxylic acids is 1. The fourth-order valence-electron chi connectivity index (χ4n) is 3.21. The third-order valence-electron chi connectivity index (χ3n) is 4.44. The molecule has 1 N–H and O–H groups in total. The lowest BCUT2D eigenvalue weighted by Crippen LogP contribution is -2.55. The van der Waals surface area contributed by atoms with Gasteiger partial charge >= 0.3 is 12.1 Å². The zero-order chi connectivity index (χ0) is 17.0. The summed E-state index contributed by atoms with van der Waals surface area (Å²) in [5.41, 5.74) is 0.707. The summed E-state index contributed by atoms with van der Waals surface area (Å²) in [4.78, 5) is 25.5. The van der Waals surface area contributed by atoms with E-state index >= 15 is 0 Å². The molecule has 1 aromatic rings. The van der Waals surface area contributed by atoms with Gasteiger partial charge in [0.1, 0.15) is 12.6 Å². The maximum atomic E-state index is 12.4. The Morgan fingerprint density at radius 1 is 1.26 bits per heavy atom. The van der Waals surface area contributed by atoms with E-state index in [0.717, 1.165) is 18.4 Å². The molecule has 0 bridgehead atoms. The molecule has 0 unspecified atom stereocenters. The minimum Gasteiger partial charge on any atom is -0.480 e. The normalized spacial score (nSPS) is 21.8. The minimum atomic E-state index is -0.957. The van der Waals surface area contributed by atoms with Crippen LogP contribution in [0.25, 0.3) is 0 Å². The van der Waals surface area contributed by atoms with Crippen LogP contribution < -0.4 is 0 Å². The molecule has 1 aliphatic heterocycles. The number of piperidine rings is 1. The molecule has 5 nitrogen and oxygen atoms in total. The molecule has 1 saturated heterocycles. The van der Waals surface area contributed by atoms with Gasteiger partial charge in [-0.3, -0.25) is 4.90 Å². The lowest BCUT2D eigenvalue weighted by atomic mass is 9.71. The fraction of sp³-hybridized carbons (Fsp3) is 0.556. The number of amides is 1. The molecule has 1 heterocycles. The molecule has 0 radical (unpaired) electrons. The topological polar surface area (TPSA) is 66.8 Å². The van der Waals surface area contributed by atoms with Crippen molar-refractivity contribution in [2.24, 2.45) is 11.3 Å². The van der Waals surface area contributed by atoms with Crippen molar-refractivity contribution in [3.63, 3.8) is 0 Å². The van der Waals surface area contributed by atoms with Crippen molar-refractivity contribution in [1.29, 1.82) is 0 Å². The highest BCUT2D eigenvalue weighted by atomic mass is 16.6. The van der Waals surface area contributed by atoms with E-state index in [4.69, 9.17) is 4.74 Å². The van der Waals surface area contributed by atoms with Crippen LogP contribution >= 0.6 is 0 Å². The van der Waals surface area contributed by atoms with Gasteiger partial charge in [0.05, 0.1) is 0 Å². The van der Waals surface area contributed by atoms with E-state index in [1.165, 1.54) is 4.90 Å². The Balaban J connectivity index is 2.09. The Labute approximate surface area is 137 Å². The Kier molecular flexibility index (Phi) is 5.29. The third kappa shape index (κ3) is 4.24. The number of ether oxygens (including phenoxy) is 1. The maximum absolute atomic E-state index is 12.4. The number of hydrogen-bond donors (Lipinski definition) is 1. The Morgan fingerprint density at radius 2 is 1.91 bits per heavy atom. The molecule has 0 aliphatic carbocycles. The van der Waals surface area contributed by atoms with Gasteiger partial charge in [0.2, 0.25) is 0 Å². The van der Waals surface area contributed by atoms with E-state index < -0.39 is 18.1 Å². The largest absolute Gasteiger partial charge is 0.480 e. The van der Waals surface area contributed by atoms with Gasteiger partial charge in [-0.05, 0) is 29.7 Å². The summed E-state index contributed by atoms with van der Waals surface area (Å²) >= 11 is 0. The van der Waals surface area contributed by atoms with Crippen LogP contribution in [-0.4, -0.2) is 34.7 Å². The molecule has 1 amide bonds. The first-order valence-corrected chi connectivity index (χ1v) is 8.01. The lowest BCUT2D eigenvalue weighted by Gasteiger charge is -2.43. The van der Waals surface area contributed by atoms with Crippen LogP contribution in [0.15, 0.2) is 30.3 Å². The number of hydrogen-bond acceptors (Lipinski definition) is 3. The zero-order valence-electron chi connectivity index (χ0n) is 14.0. The van der Waals surface area contributed by atoms with Gasteiger partial charge in [0.25, 0.3) is 0 Å². The van der Waals surface area contributed by atoms with Crippen LogP contribution in [0.3, 0.4) is 0 Å². The summed E-state index contributed by atoms with van der Waals surface area (Å²) in [5, 5.41) is 9.63. The molecule has 1 aliphatic rings. The SMILES string of the molecule is CC(C)(C)[C@H]1CCCN(C(=O)OCc2ccccc2)[C@H]1C(=O)O. The van der Waals surface area contributed by atoms with Crippen molar-refractivity contribution in [2.75, 3.05) is 6.54 Å². The second-order valence-corrected chi connectivity index (χ2v) is 7.13. The molecule has 0 saturated carbocycles. The molecular weight excluding hydrogens is 294 g/mol. The van der Waals surface area contributed by atoms with E-state index in [9.17, 15) is 14.7 Å². The smallest absolute Gasteiger partial charge is 0.410 e. The first kappa shape index (κ1) is 17.3. The van der Waals surface area contributed by atoms with E-state index in [-0.39, 0.29) is 17.9 Å². The number of carboxylic acids is 1. The van der Waals surface area contributed by atoms with Crippen LogP contribution in [0.2, 0.25) is 0 Å². The maximum Gasteiger partial charge on any atom is 0.410 e. The molecule has 1 fully saturated rings. The van der Waals surface area contributed by atoms with Crippen LogP contribution in [0.1, 0.15) is 39.2 Å². The average molecular weight is 319 g/mol. The zero-order valence-corrected chi connectivity index (χ0v) is 14.0. The molecule has 23 heavy (non-hydrogen) atoms. The van der Waals surface area contributed by atoms with E-state index in [1.54, 1.807) is 0 Å². The summed E-state index contributed by atoms with van der Waals surface area (Å²) in [5.74, 6) is -1.04. The van der Waals surface area contributed by atoms with Crippen molar-refractivity contribution < 1.29 is 19.4 Å². The second-order valence-electron chi connectivity index (χ2n) is 7.13. The predicted octanol–water partition coefficient (Wildman–Crippen LogP) is 3.53. The summed E-state index contributed by atoms with van der Waals surface area (Å²) in [6.45, 7) is 6.64. The summed E-state index contributed by atoms with van der Waals surface area (Å²) in [7, 11) is 0. The second kappa shape index (κ2) is 7.02. The van der Waals surface area contributed by atoms with E-state index in [2.05, 4.69) is 0 Å². The molecule has 0 aromatic heterocycles. The molecule has 2 atom stereocenters. The van der Waals surface area contributed by atoms with Crippen molar-refractivity contribution in [3.05, 3.63) is 35.9 Å². The number of carbonyl (C=O) groups excluding carboxylic acids is 1. The Bertz CT molecular complexity index is 550. The average Bonchev–Trinajstić information content (AvgIpc) is 2.52. The summed E-state index contributed by atoms with van der Waals surface area (Å²) in [6.07, 6.45) is 1.06. The Morgan fingerprint density at radius 3 is 2.48 bits per heavy atom. The predicted molar refractivity (Wildman–Crippen MR) is 86.9 cm³/mol. The third-order valence-corrected chi connectivity index (χ3v) is 4.44. The number of rotatable bonds is 3. The van der Waals surface area contributed by atoms with Crippen molar-refractivity contribution in [1.82, 2.24) is 4.90 Å². The quantitative estimate of drug-likeness (QED) is 0.925. The van der Waals surface area contributed by atoms with Gasteiger partial charge in [-0.25, -0.2) is 9.59 Å². The first-order valence-electron chi connectivity index (χ1n) is 8.01. The highest BCUT2D eigenvalue weighted by molar-refractivity contribution is 5.80. The van der Waals surface area contributed by atoms with Gasteiger partial charge in [-0.2, -0.15) is 0 Å². The van der Waals surface area contributed by atoms with E-state index in [0.29, 0.717) is 6.54 Å². The summed E-state index contributed by atoms with van der Waals surface area (Å²) in [6, 6.07) is 8.56. The van der Waals surface area contributed by atoms with Gasteiger partial charge in [-0.1, -0.05) is 51.1 Å². The van der Waals surface area contributed by atoms with Gasteiger partial charge in [-0.15, -0.1) is 0 Å². The molecule has 1 aromatic carbocycles. The summed E-state index contributed by atoms with van der Waals surface area (Å²) < 4.78 is 5.33. The minimum absolute atomic E-state index is 0.0852. The number of benzene rings is 1. The van der Waals surface area contributed by atoms with Crippen molar-refractivity contribution >= 4 is 12.1 Å². The fourth-order valence-corrected chi connectivity index (χ4v) is 3.21. The molecule has 5 heteroatoms. The lowest BCUT2D eigenvalue weighted by molar-refractivity contribution is -0.148. The molecule has 126 valence electrons.